The van der Waals surface area contributed by atoms with Gasteiger partial charge < -0.3 is 10.3 Å². The molecule has 1 unspecified atom stereocenters. The van der Waals surface area contributed by atoms with Crippen molar-refractivity contribution in [2.45, 2.75) is 52.1 Å². The van der Waals surface area contributed by atoms with E-state index in [0.717, 1.165) is 31.8 Å². The lowest BCUT2D eigenvalue weighted by Crippen LogP contribution is -2.55. The molecule has 0 aliphatic rings. The van der Waals surface area contributed by atoms with E-state index in [2.05, 4.69) is 37.6 Å². The highest BCUT2D eigenvalue weighted by Crippen LogP contribution is 2.34. The summed E-state index contributed by atoms with van der Waals surface area (Å²) in [5, 5.41) is 0. The molecular weight excluding hydrogens is 224 g/mol. The van der Waals surface area contributed by atoms with Crippen molar-refractivity contribution in [3.05, 3.63) is 18.2 Å². The molecule has 0 saturated carbocycles. The molecule has 0 fully saturated rings. The standard InChI is InChI=1S/C14H28N4/c1-6-14(7-2,18(8-3)9-4)12(15)13-16-10-11-17(13)5/h10-12H,6-9,15H2,1-5H3. The molecule has 0 amide bonds. The summed E-state index contributed by atoms with van der Waals surface area (Å²) in [4.78, 5) is 6.92. The van der Waals surface area contributed by atoms with Crippen molar-refractivity contribution < 1.29 is 0 Å². The molecule has 0 aromatic carbocycles. The van der Waals surface area contributed by atoms with E-state index in [1.807, 2.05) is 24.0 Å². The van der Waals surface area contributed by atoms with Gasteiger partial charge in [0.2, 0.25) is 0 Å². The minimum Gasteiger partial charge on any atom is -0.337 e. The average Bonchev–Trinajstić information content (AvgIpc) is 2.81. The highest BCUT2D eigenvalue weighted by atomic mass is 15.2. The molecular formula is C14H28N4. The Morgan fingerprint density at radius 1 is 1.28 bits per heavy atom. The van der Waals surface area contributed by atoms with Crippen LogP contribution in [0.25, 0.3) is 0 Å². The van der Waals surface area contributed by atoms with Crippen LogP contribution in [0.4, 0.5) is 0 Å². The first-order valence-corrected chi connectivity index (χ1v) is 7.05. The van der Waals surface area contributed by atoms with E-state index in [1.54, 1.807) is 0 Å². The fourth-order valence-electron chi connectivity index (χ4n) is 3.10. The molecule has 4 nitrogen and oxygen atoms in total. The zero-order valence-corrected chi connectivity index (χ0v) is 12.5. The third-order valence-electron chi connectivity index (χ3n) is 4.33. The predicted molar refractivity (Wildman–Crippen MR) is 76.4 cm³/mol. The molecule has 0 saturated heterocycles. The van der Waals surface area contributed by atoms with Crippen molar-refractivity contribution in [3.8, 4) is 0 Å². The first-order valence-electron chi connectivity index (χ1n) is 7.05. The van der Waals surface area contributed by atoms with Crippen LogP contribution in [0.15, 0.2) is 12.4 Å². The van der Waals surface area contributed by atoms with Crippen LogP contribution in [-0.4, -0.2) is 33.1 Å². The van der Waals surface area contributed by atoms with Gasteiger partial charge in [-0.25, -0.2) is 4.98 Å². The molecule has 0 spiro atoms. The van der Waals surface area contributed by atoms with Crippen LogP contribution in [0.5, 0.6) is 0 Å². The SMILES string of the molecule is CCN(CC)C(CC)(CC)C(N)c1nccn1C. The number of hydrogen-bond acceptors (Lipinski definition) is 3. The quantitative estimate of drug-likeness (QED) is 0.810. The van der Waals surface area contributed by atoms with Crippen LogP contribution < -0.4 is 5.73 Å². The van der Waals surface area contributed by atoms with Gasteiger partial charge in [-0.1, -0.05) is 27.7 Å². The molecule has 1 heterocycles. The van der Waals surface area contributed by atoms with Crippen molar-refractivity contribution in [2.75, 3.05) is 13.1 Å². The van der Waals surface area contributed by atoms with Crippen LogP contribution in [0.3, 0.4) is 0 Å². The van der Waals surface area contributed by atoms with Gasteiger partial charge in [0, 0.05) is 25.0 Å². The van der Waals surface area contributed by atoms with E-state index in [-0.39, 0.29) is 11.6 Å². The van der Waals surface area contributed by atoms with Crippen LogP contribution in [0.1, 0.15) is 52.4 Å². The fraction of sp³-hybridized carbons (Fsp3) is 0.786. The van der Waals surface area contributed by atoms with Crippen molar-refractivity contribution >= 4 is 0 Å². The molecule has 0 aliphatic heterocycles. The highest BCUT2D eigenvalue weighted by Gasteiger charge is 2.40. The second kappa shape index (κ2) is 6.34. The molecule has 2 N–H and O–H groups in total. The van der Waals surface area contributed by atoms with Gasteiger partial charge in [0.15, 0.2) is 0 Å². The molecule has 0 radical (unpaired) electrons. The zero-order valence-electron chi connectivity index (χ0n) is 12.5. The van der Waals surface area contributed by atoms with Crippen LogP contribution >= 0.6 is 0 Å². The molecule has 1 aromatic rings. The molecule has 18 heavy (non-hydrogen) atoms. The summed E-state index contributed by atoms with van der Waals surface area (Å²) in [6, 6.07) is -0.0487. The Balaban J connectivity index is 3.15. The van der Waals surface area contributed by atoms with Crippen LogP contribution in [-0.2, 0) is 7.05 Å². The monoisotopic (exact) mass is 252 g/mol. The lowest BCUT2D eigenvalue weighted by atomic mass is 9.82. The summed E-state index contributed by atoms with van der Waals surface area (Å²) in [5.74, 6) is 0.977. The number of imidazole rings is 1. The molecule has 1 aromatic heterocycles. The van der Waals surface area contributed by atoms with Gasteiger partial charge in [-0.2, -0.15) is 0 Å². The summed E-state index contributed by atoms with van der Waals surface area (Å²) in [7, 11) is 2.01. The van der Waals surface area contributed by atoms with Crippen LogP contribution in [0.2, 0.25) is 0 Å². The van der Waals surface area contributed by atoms with Gasteiger partial charge >= 0.3 is 0 Å². The molecule has 1 atom stereocenters. The van der Waals surface area contributed by atoms with Crippen molar-refractivity contribution in [1.82, 2.24) is 14.5 Å². The number of rotatable bonds is 7. The number of nitrogens with two attached hydrogens (primary N) is 1. The van der Waals surface area contributed by atoms with Crippen molar-refractivity contribution in [3.63, 3.8) is 0 Å². The van der Waals surface area contributed by atoms with E-state index in [4.69, 9.17) is 5.73 Å². The number of aryl methyl sites for hydroxylation is 1. The average molecular weight is 252 g/mol. The second-order valence-corrected chi connectivity index (χ2v) is 4.86. The maximum Gasteiger partial charge on any atom is 0.127 e. The van der Waals surface area contributed by atoms with Crippen LogP contribution in [0, 0.1) is 0 Å². The van der Waals surface area contributed by atoms with E-state index in [9.17, 15) is 0 Å². The first-order chi connectivity index (χ1) is 8.57. The smallest absolute Gasteiger partial charge is 0.127 e. The maximum atomic E-state index is 6.57. The predicted octanol–water partition coefficient (Wildman–Crippen LogP) is 2.32. The van der Waals surface area contributed by atoms with Gasteiger partial charge in [-0.05, 0) is 25.9 Å². The Morgan fingerprint density at radius 2 is 1.83 bits per heavy atom. The van der Waals surface area contributed by atoms with Crippen molar-refractivity contribution in [1.29, 1.82) is 0 Å². The summed E-state index contributed by atoms with van der Waals surface area (Å²) in [6.45, 7) is 10.9. The third kappa shape index (κ3) is 2.45. The molecule has 0 aliphatic carbocycles. The summed E-state index contributed by atoms with van der Waals surface area (Å²) < 4.78 is 2.04. The Bertz CT molecular complexity index is 350. The number of hydrogen-bond donors (Lipinski definition) is 1. The van der Waals surface area contributed by atoms with Gasteiger partial charge in [-0.15, -0.1) is 0 Å². The summed E-state index contributed by atoms with van der Waals surface area (Å²) in [6.07, 6.45) is 5.87. The maximum absolute atomic E-state index is 6.57. The third-order valence-corrected chi connectivity index (χ3v) is 4.33. The zero-order chi connectivity index (χ0) is 13.8. The fourth-order valence-corrected chi connectivity index (χ4v) is 3.10. The Labute approximate surface area is 111 Å². The van der Waals surface area contributed by atoms with E-state index in [0.29, 0.717) is 0 Å². The topological polar surface area (TPSA) is 47.1 Å². The van der Waals surface area contributed by atoms with E-state index < -0.39 is 0 Å². The number of likely N-dealkylation sites (N-methyl/N-ethyl adjacent to an activating group) is 1. The number of aromatic nitrogens is 2. The van der Waals surface area contributed by atoms with Gasteiger partial charge in [0.1, 0.15) is 5.82 Å². The summed E-state index contributed by atoms with van der Waals surface area (Å²) in [5.41, 5.74) is 6.57. The van der Waals surface area contributed by atoms with Gasteiger partial charge in [-0.3, -0.25) is 4.90 Å². The lowest BCUT2D eigenvalue weighted by Gasteiger charge is -2.46. The normalized spacial score (nSPS) is 14.2. The van der Waals surface area contributed by atoms with Gasteiger partial charge in [0.05, 0.1) is 6.04 Å². The largest absolute Gasteiger partial charge is 0.337 e. The lowest BCUT2D eigenvalue weighted by molar-refractivity contribution is 0.0589. The Morgan fingerprint density at radius 3 is 2.17 bits per heavy atom. The molecule has 104 valence electrons. The number of nitrogens with zero attached hydrogens (tertiary/aromatic N) is 3. The van der Waals surface area contributed by atoms with Gasteiger partial charge in [0.25, 0.3) is 0 Å². The minimum absolute atomic E-state index is 0.00259. The van der Waals surface area contributed by atoms with Crippen molar-refractivity contribution in [2.24, 2.45) is 12.8 Å². The molecule has 1 rings (SSSR count). The molecule has 0 bridgehead atoms. The molecule has 4 heteroatoms. The summed E-state index contributed by atoms with van der Waals surface area (Å²) >= 11 is 0. The van der Waals surface area contributed by atoms with E-state index >= 15 is 0 Å². The Kier molecular flexibility index (Phi) is 5.35. The van der Waals surface area contributed by atoms with E-state index in [1.165, 1.54) is 0 Å². The Hall–Kier alpha value is -0.870. The second-order valence-electron chi connectivity index (χ2n) is 4.86. The highest BCUT2D eigenvalue weighted by molar-refractivity contribution is 5.09. The minimum atomic E-state index is -0.0487. The first kappa shape index (κ1) is 15.2.